The van der Waals surface area contributed by atoms with Crippen molar-refractivity contribution in [3.05, 3.63) is 58.7 Å². The lowest BCUT2D eigenvalue weighted by atomic mass is 10.0. The molecule has 0 unspecified atom stereocenters. The first kappa shape index (κ1) is 14.1. The van der Waals surface area contributed by atoms with Crippen molar-refractivity contribution >= 4 is 23.3 Å². The first-order valence-electron chi connectivity index (χ1n) is 7.04. The molecule has 5 nitrogen and oxygen atoms in total. The third kappa shape index (κ3) is 2.53. The quantitative estimate of drug-likeness (QED) is 0.806. The van der Waals surface area contributed by atoms with Gasteiger partial charge in [0.05, 0.1) is 16.8 Å². The average Bonchev–Trinajstić information content (AvgIpc) is 2.94. The number of hydrogen-bond donors (Lipinski definition) is 3. The van der Waals surface area contributed by atoms with Crippen LogP contribution in [-0.2, 0) is 12.8 Å². The molecule has 0 amide bonds. The molecule has 0 radical (unpaired) electrons. The number of hydrogen-bond acceptors (Lipinski definition) is 3. The fourth-order valence-electron chi connectivity index (χ4n) is 2.87. The fraction of sp³-hybridized carbons (Fsp3) is 0.176. The Morgan fingerprint density at radius 3 is 2.45 bits per heavy atom. The van der Waals surface area contributed by atoms with Gasteiger partial charge in [0.15, 0.2) is 0 Å². The van der Waals surface area contributed by atoms with Crippen LogP contribution in [0.15, 0.2) is 36.4 Å². The molecular weight excluding hydrogens is 282 g/mol. The maximum absolute atomic E-state index is 11.4. The van der Waals surface area contributed by atoms with Gasteiger partial charge < -0.3 is 15.5 Å². The van der Waals surface area contributed by atoms with Crippen LogP contribution >= 0.6 is 0 Å². The highest BCUT2D eigenvalue weighted by atomic mass is 16.4. The van der Waals surface area contributed by atoms with Crippen LogP contribution in [0.4, 0.5) is 11.4 Å². The molecule has 0 atom stereocenters. The van der Waals surface area contributed by atoms with E-state index >= 15 is 0 Å². The fourth-order valence-corrected chi connectivity index (χ4v) is 2.87. The Morgan fingerprint density at radius 2 is 1.73 bits per heavy atom. The smallest absolute Gasteiger partial charge is 0.338 e. The molecule has 1 aliphatic rings. The van der Waals surface area contributed by atoms with Gasteiger partial charge >= 0.3 is 11.9 Å². The van der Waals surface area contributed by atoms with Crippen molar-refractivity contribution in [1.82, 2.24) is 0 Å². The summed E-state index contributed by atoms with van der Waals surface area (Å²) in [7, 11) is 0. The monoisotopic (exact) mass is 297 g/mol. The summed E-state index contributed by atoms with van der Waals surface area (Å²) in [6.07, 6.45) is 3.23. The molecule has 0 bridgehead atoms. The molecule has 0 saturated heterocycles. The van der Waals surface area contributed by atoms with Gasteiger partial charge in [-0.05, 0) is 54.7 Å². The van der Waals surface area contributed by atoms with Gasteiger partial charge in [-0.1, -0.05) is 12.1 Å². The molecule has 3 N–H and O–H groups in total. The third-order valence-electron chi connectivity index (χ3n) is 3.89. The highest BCUT2D eigenvalue weighted by molar-refractivity contribution is 6.06. The van der Waals surface area contributed by atoms with Crippen LogP contribution in [0.2, 0.25) is 0 Å². The van der Waals surface area contributed by atoms with E-state index in [1.807, 2.05) is 18.2 Å². The van der Waals surface area contributed by atoms with Crippen molar-refractivity contribution in [2.24, 2.45) is 0 Å². The van der Waals surface area contributed by atoms with Crippen molar-refractivity contribution in [2.75, 3.05) is 5.32 Å². The van der Waals surface area contributed by atoms with Gasteiger partial charge in [0.25, 0.3) is 0 Å². The van der Waals surface area contributed by atoms with Crippen LogP contribution in [0, 0.1) is 0 Å². The van der Waals surface area contributed by atoms with Crippen LogP contribution in [-0.4, -0.2) is 22.2 Å². The summed E-state index contributed by atoms with van der Waals surface area (Å²) in [4.78, 5) is 22.6. The summed E-state index contributed by atoms with van der Waals surface area (Å²) in [5, 5.41) is 21.5. The predicted octanol–water partition coefficient (Wildman–Crippen LogP) is 3.32. The number of benzene rings is 2. The van der Waals surface area contributed by atoms with Gasteiger partial charge in [-0.3, -0.25) is 0 Å². The van der Waals surface area contributed by atoms with Crippen molar-refractivity contribution in [3.63, 3.8) is 0 Å². The molecule has 2 aromatic carbocycles. The Morgan fingerprint density at radius 1 is 0.955 bits per heavy atom. The third-order valence-corrected chi connectivity index (χ3v) is 3.89. The lowest BCUT2D eigenvalue weighted by Crippen LogP contribution is -2.11. The Balaban J connectivity index is 2.00. The van der Waals surface area contributed by atoms with E-state index < -0.39 is 11.9 Å². The van der Waals surface area contributed by atoms with E-state index in [0.717, 1.165) is 24.9 Å². The number of carboxylic acid groups (broad SMARTS) is 2. The van der Waals surface area contributed by atoms with Crippen LogP contribution in [0.5, 0.6) is 0 Å². The number of nitrogens with one attached hydrogen (secondary N) is 1. The first-order chi connectivity index (χ1) is 10.6. The van der Waals surface area contributed by atoms with Crippen LogP contribution in [0.25, 0.3) is 0 Å². The minimum atomic E-state index is -1.26. The summed E-state index contributed by atoms with van der Waals surface area (Å²) >= 11 is 0. The van der Waals surface area contributed by atoms with E-state index in [1.165, 1.54) is 23.3 Å². The summed E-state index contributed by atoms with van der Waals surface area (Å²) in [6.45, 7) is 0. The molecule has 1 aliphatic carbocycles. The standard InChI is InChI=1S/C17H15NO4/c19-16(20)13-5-2-6-14(15(13)17(21)22)18-12-8-7-10-3-1-4-11(10)9-12/h2,5-9,18H,1,3-4H2,(H,19,20)(H,21,22). The van der Waals surface area contributed by atoms with Crippen LogP contribution in [0.1, 0.15) is 38.3 Å². The van der Waals surface area contributed by atoms with Crippen molar-refractivity contribution in [2.45, 2.75) is 19.3 Å². The van der Waals surface area contributed by atoms with E-state index in [1.54, 1.807) is 6.07 Å². The van der Waals surface area contributed by atoms with Gasteiger partial charge in [0.1, 0.15) is 0 Å². The summed E-state index contributed by atoms with van der Waals surface area (Å²) in [6, 6.07) is 10.3. The number of carboxylic acids is 2. The second-order valence-corrected chi connectivity index (χ2v) is 5.30. The average molecular weight is 297 g/mol. The first-order valence-corrected chi connectivity index (χ1v) is 7.04. The zero-order valence-corrected chi connectivity index (χ0v) is 11.8. The molecular formula is C17H15NO4. The van der Waals surface area contributed by atoms with Crippen LogP contribution < -0.4 is 5.32 Å². The van der Waals surface area contributed by atoms with E-state index in [2.05, 4.69) is 5.32 Å². The normalized spacial score (nSPS) is 12.7. The van der Waals surface area contributed by atoms with E-state index in [9.17, 15) is 14.7 Å². The number of rotatable bonds is 4. The zero-order chi connectivity index (χ0) is 15.7. The second kappa shape index (κ2) is 5.52. The molecule has 0 saturated carbocycles. The van der Waals surface area contributed by atoms with Gasteiger partial charge in [-0.2, -0.15) is 0 Å². The Hall–Kier alpha value is -2.82. The highest BCUT2D eigenvalue weighted by Crippen LogP contribution is 2.29. The van der Waals surface area contributed by atoms with Crippen molar-refractivity contribution in [1.29, 1.82) is 0 Å². The largest absolute Gasteiger partial charge is 0.478 e. The molecule has 0 aliphatic heterocycles. The maximum atomic E-state index is 11.4. The van der Waals surface area contributed by atoms with Gasteiger partial charge in [-0.15, -0.1) is 0 Å². The van der Waals surface area contributed by atoms with Gasteiger partial charge in [0.2, 0.25) is 0 Å². The number of aryl methyl sites for hydroxylation is 2. The summed E-state index contributed by atoms with van der Waals surface area (Å²) < 4.78 is 0. The van der Waals surface area contributed by atoms with E-state index in [0.29, 0.717) is 0 Å². The molecule has 112 valence electrons. The predicted molar refractivity (Wildman–Crippen MR) is 82.1 cm³/mol. The maximum Gasteiger partial charge on any atom is 0.338 e. The Bertz CT molecular complexity index is 767. The lowest BCUT2D eigenvalue weighted by molar-refractivity contribution is 0.0652. The molecule has 2 aromatic rings. The Kier molecular flexibility index (Phi) is 3.55. The lowest BCUT2D eigenvalue weighted by Gasteiger charge is -2.12. The SMILES string of the molecule is O=C(O)c1cccc(Nc2ccc3c(c2)CCC3)c1C(=O)O. The van der Waals surface area contributed by atoms with Crippen molar-refractivity contribution in [3.8, 4) is 0 Å². The van der Waals surface area contributed by atoms with Gasteiger partial charge in [-0.25, -0.2) is 9.59 Å². The number of aromatic carboxylic acids is 2. The summed E-state index contributed by atoms with van der Waals surface area (Å²) in [5.74, 6) is -2.52. The molecule has 0 fully saturated rings. The minimum Gasteiger partial charge on any atom is -0.478 e. The molecule has 3 rings (SSSR count). The number of fused-ring (bicyclic) bond motifs is 1. The molecule has 0 spiro atoms. The van der Waals surface area contributed by atoms with Crippen LogP contribution in [0.3, 0.4) is 0 Å². The Labute approximate surface area is 127 Å². The molecule has 5 heteroatoms. The molecule has 22 heavy (non-hydrogen) atoms. The van der Waals surface area contributed by atoms with Gasteiger partial charge in [0, 0.05) is 5.69 Å². The summed E-state index contributed by atoms with van der Waals surface area (Å²) in [5.41, 5.74) is 3.18. The second-order valence-electron chi connectivity index (χ2n) is 5.30. The topological polar surface area (TPSA) is 86.6 Å². The molecule has 0 heterocycles. The molecule has 0 aromatic heterocycles. The minimum absolute atomic E-state index is 0.223. The highest BCUT2D eigenvalue weighted by Gasteiger charge is 2.20. The van der Waals surface area contributed by atoms with E-state index in [-0.39, 0.29) is 16.8 Å². The number of carbonyl (C=O) groups is 2. The van der Waals surface area contributed by atoms with E-state index in [4.69, 9.17) is 5.11 Å². The van der Waals surface area contributed by atoms with Crippen molar-refractivity contribution < 1.29 is 19.8 Å². The number of anilines is 2. The zero-order valence-electron chi connectivity index (χ0n) is 11.8.